The first-order chi connectivity index (χ1) is 5.20. The number of nitrogens with two attached hydrogens (primary N) is 1. The second-order valence-electron chi connectivity index (χ2n) is 1.93. The molecule has 0 fully saturated rings. The van der Waals surface area contributed by atoms with Gasteiger partial charge in [0.25, 0.3) is 0 Å². The molecule has 2 N–H and O–H groups in total. The van der Waals surface area contributed by atoms with E-state index < -0.39 is 0 Å². The molecule has 0 saturated carbocycles. The Balaban J connectivity index is 4.06. The van der Waals surface area contributed by atoms with Crippen LogP contribution in [0, 0.1) is 0 Å². The van der Waals surface area contributed by atoms with Gasteiger partial charge >= 0.3 is 0 Å². The van der Waals surface area contributed by atoms with Crippen LogP contribution in [0.5, 0.6) is 0 Å². The molecule has 0 aliphatic carbocycles. The van der Waals surface area contributed by atoms with Gasteiger partial charge in [0.05, 0.1) is 0 Å². The molecule has 0 unspecified atom stereocenters. The third-order valence-corrected chi connectivity index (χ3v) is 1.61. The van der Waals surface area contributed by atoms with E-state index in [0.717, 1.165) is 11.4 Å². The molecular weight excluding hydrogens is 156 g/mol. The van der Waals surface area contributed by atoms with Crippen molar-refractivity contribution in [3.05, 3.63) is 24.4 Å². The Hall–Kier alpha value is -0.700. The average Bonchev–Trinajstić information content (AvgIpc) is 1.87. The maximum Gasteiger partial charge on any atom is 0.158 e. The quantitative estimate of drug-likeness (QED) is 0.400. The summed E-state index contributed by atoms with van der Waals surface area (Å²) in [5.41, 5.74) is 6.44. The molecular formula is C8H14N2S. The van der Waals surface area contributed by atoms with Crippen molar-refractivity contribution in [1.29, 1.82) is 0 Å². The zero-order valence-corrected chi connectivity index (χ0v) is 7.82. The molecule has 0 aromatic rings. The number of aliphatic imine (C=N–C) groups is 1. The summed E-state index contributed by atoms with van der Waals surface area (Å²) >= 11 is 1.54. The SMILES string of the molecule is C=C/C=C(\C)N=C(N)SCC. The summed E-state index contributed by atoms with van der Waals surface area (Å²) < 4.78 is 0. The van der Waals surface area contributed by atoms with Gasteiger partial charge in [0.1, 0.15) is 0 Å². The van der Waals surface area contributed by atoms with Gasteiger partial charge in [-0.3, -0.25) is 0 Å². The Kier molecular flexibility index (Phi) is 5.65. The molecule has 0 atom stereocenters. The normalized spacial score (nSPS) is 13.3. The molecule has 0 amide bonds. The Morgan fingerprint density at radius 3 is 2.82 bits per heavy atom. The fraction of sp³-hybridized carbons (Fsp3) is 0.375. The Bertz CT molecular complexity index is 183. The zero-order valence-electron chi connectivity index (χ0n) is 7.00. The first-order valence-corrected chi connectivity index (χ1v) is 4.45. The summed E-state index contributed by atoms with van der Waals surface area (Å²) in [6.07, 6.45) is 3.52. The van der Waals surface area contributed by atoms with E-state index in [2.05, 4.69) is 11.6 Å². The summed E-state index contributed by atoms with van der Waals surface area (Å²) in [6.45, 7) is 7.50. The van der Waals surface area contributed by atoms with Crippen LogP contribution >= 0.6 is 11.8 Å². The van der Waals surface area contributed by atoms with Crippen LogP contribution in [-0.2, 0) is 0 Å². The van der Waals surface area contributed by atoms with Crippen molar-refractivity contribution >= 4 is 16.9 Å². The molecule has 0 aromatic carbocycles. The lowest BCUT2D eigenvalue weighted by Crippen LogP contribution is -2.06. The first-order valence-electron chi connectivity index (χ1n) is 3.47. The van der Waals surface area contributed by atoms with Crippen LogP contribution in [0.2, 0.25) is 0 Å². The molecule has 0 bridgehead atoms. The van der Waals surface area contributed by atoms with Gasteiger partial charge < -0.3 is 5.73 Å². The maximum atomic E-state index is 5.55. The van der Waals surface area contributed by atoms with Gasteiger partial charge in [-0.05, 0) is 18.8 Å². The van der Waals surface area contributed by atoms with Crippen LogP contribution in [0.25, 0.3) is 0 Å². The third-order valence-electron chi connectivity index (χ3n) is 0.938. The Labute approximate surface area is 72.3 Å². The second-order valence-corrected chi connectivity index (χ2v) is 3.21. The smallest absolute Gasteiger partial charge is 0.158 e. The predicted octanol–water partition coefficient (Wildman–Crippen LogP) is 2.14. The lowest BCUT2D eigenvalue weighted by atomic mass is 10.4. The van der Waals surface area contributed by atoms with E-state index in [1.54, 1.807) is 6.08 Å². The van der Waals surface area contributed by atoms with Gasteiger partial charge in [-0.15, -0.1) is 0 Å². The third kappa shape index (κ3) is 5.73. The van der Waals surface area contributed by atoms with E-state index in [9.17, 15) is 0 Å². The highest BCUT2D eigenvalue weighted by atomic mass is 32.2. The average molecular weight is 170 g/mol. The van der Waals surface area contributed by atoms with E-state index in [-0.39, 0.29) is 0 Å². The zero-order chi connectivity index (χ0) is 8.69. The minimum atomic E-state index is 0.614. The van der Waals surface area contributed by atoms with Crippen molar-refractivity contribution in [1.82, 2.24) is 0 Å². The van der Waals surface area contributed by atoms with Crippen LogP contribution in [0.3, 0.4) is 0 Å². The highest BCUT2D eigenvalue weighted by Crippen LogP contribution is 2.02. The molecule has 0 rings (SSSR count). The molecule has 3 heteroatoms. The van der Waals surface area contributed by atoms with Crippen LogP contribution in [0.4, 0.5) is 0 Å². The van der Waals surface area contributed by atoms with Crippen molar-refractivity contribution in [3.8, 4) is 0 Å². The number of hydrogen-bond donors (Lipinski definition) is 1. The molecule has 0 aromatic heterocycles. The molecule has 0 aliphatic heterocycles. The molecule has 0 saturated heterocycles. The predicted molar refractivity (Wildman–Crippen MR) is 53.7 cm³/mol. The van der Waals surface area contributed by atoms with Crippen molar-refractivity contribution < 1.29 is 0 Å². The van der Waals surface area contributed by atoms with Crippen LogP contribution in [0.15, 0.2) is 29.4 Å². The van der Waals surface area contributed by atoms with Crippen molar-refractivity contribution in [2.45, 2.75) is 13.8 Å². The fourth-order valence-electron chi connectivity index (χ4n) is 0.562. The molecule has 11 heavy (non-hydrogen) atoms. The van der Waals surface area contributed by atoms with Crippen molar-refractivity contribution in [2.75, 3.05) is 5.75 Å². The standard InChI is InChI=1S/C8H14N2S/c1-4-6-7(3)10-8(9)11-5-2/h4,6H,1,5H2,2-3H3,(H2,9,10)/b7-6+. The number of hydrogen-bond acceptors (Lipinski definition) is 2. The van der Waals surface area contributed by atoms with E-state index in [0.29, 0.717) is 5.17 Å². The van der Waals surface area contributed by atoms with E-state index in [4.69, 9.17) is 5.73 Å². The highest BCUT2D eigenvalue weighted by molar-refractivity contribution is 8.13. The van der Waals surface area contributed by atoms with Crippen molar-refractivity contribution in [3.63, 3.8) is 0 Å². The number of rotatable bonds is 3. The lowest BCUT2D eigenvalue weighted by molar-refractivity contribution is 1.30. The van der Waals surface area contributed by atoms with E-state index in [1.165, 1.54) is 11.8 Å². The fourth-order valence-corrected chi connectivity index (χ4v) is 1.07. The van der Waals surface area contributed by atoms with Gasteiger partial charge in [0.2, 0.25) is 0 Å². The molecule has 0 heterocycles. The second kappa shape index (κ2) is 6.04. The minimum Gasteiger partial charge on any atom is -0.378 e. The summed E-state index contributed by atoms with van der Waals surface area (Å²) in [5, 5.41) is 0.614. The summed E-state index contributed by atoms with van der Waals surface area (Å²) in [4.78, 5) is 4.10. The van der Waals surface area contributed by atoms with Crippen LogP contribution < -0.4 is 5.73 Å². The molecule has 2 nitrogen and oxygen atoms in total. The van der Waals surface area contributed by atoms with Gasteiger partial charge in [-0.1, -0.05) is 31.3 Å². The number of amidine groups is 1. The molecule has 62 valence electrons. The van der Waals surface area contributed by atoms with Crippen molar-refractivity contribution in [2.24, 2.45) is 10.7 Å². The summed E-state index contributed by atoms with van der Waals surface area (Å²) in [5.74, 6) is 0.955. The van der Waals surface area contributed by atoms with E-state index in [1.807, 2.05) is 19.9 Å². The Morgan fingerprint density at radius 2 is 2.36 bits per heavy atom. The monoisotopic (exact) mass is 170 g/mol. The summed E-state index contributed by atoms with van der Waals surface area (Å²) in [7, 11) is 0. The Morgan fingerprint density at radius 1 is 1.73 bits per heavy atom. The largest absolute Gasteiger partial charge is 0.378 e. The van der Waals surface area contributed by atoms with Gasteiger partial charge in [-0.25, -0.2) is 4.99 Å². The van der Waals surface area contributed by atoms with E-state index >= 15 is 0 Å². The lowest BCUT2D eigenvalue weighted by Gasteiger charge is -1.95. The number of nitrogens with zero attached hydrogens (tertiary/aromatic N) is 1. The maximum absolute atomic E-state index is 5.55. The molecule has 0 radical (unpaired) electrons. The topological polar surface area (TPSA) is 38.4 Å². The molecule has 0 aliphatic rings. The van der Waals surface area contributed by atoms with Gasteiger partial charge in [0.15, 0.2) is 5.17 Å². The summed E-state index contributed by atoms with van der Waals surface area (Å²) in [6, 6.07) is 0. The van der Waals surface area contributed by atoms with Gasteiger partial charge in [0, 0.05) is 5.70 Å². The minimum absolute atomic E-state index is 0.614. The first kappa shape index (κ1) is 10.3. The number of allylic oxidation sites excluding steroid dienone is 3. The van der Waals surface area contributed by atoms with Crippen LogP contribution in [-0.4, -0.2) is 10.9 Å². The number of thioether (sulfide) groups is 1. The molecule has 0 spiro atoms. The van der Waals surface area contributed by atoms with Crippen LogP contribution in [0.1, 0.15) is 13.8 Å². The highest BCUT2D eigenvalue weighted by Gasteiger charge is 1.89. The van der Waals surface area contributed by atoms with Gasteiger partial charge in [-0.2, -0.15) is 0 Å².